The maximum Gasteiger partial charge on any atom is 0.205 e. The van der Waals surface area contributed by atoms with Crippen molar-refractivity contribution in [2.75, 3.05) is 14.2 Å². The number of carbonyl (C=O) groups excluding carboxylic acids is 1. The van der Waals surface area contributed by atoms with Crippen LogP contribution in [0.5, 0.6) is 17.2 Å². The Kier molecular flexibility index (Phi) is 3.29. The molecule has 0 radical (unpaired) electrons. The first-order chi connectivity index (χ1) is 9.15. The molecule has 0 bridgehead atoms. The topological polar surface area (TPSA) is 92.7 Å². The number of benzene rings is 1. The molecule has 6 nitrogen and oxygen atoms in total. The van der Waals surface area contributed by atoms with Crippen molar-refractivity contribution in [3.8, 4) is 23.3 Å². The van der Waals surface area contributed by atoms with Crippen LogP contribution >= 0.6 is 0 Å². The Morgan fingerprint density at radius 3 is 2.68 bits per heavy atom. The summed E-state index contributed by atoms with van der Waals surface area (Å²) >= 11 is 0. The van der Waals surface area contributed by atoms with Gasteiger partial charge < -0.3 is 19.0 Å². The third kappa shape index (κ3) is 1.85. The summed E-state index contributed by atoms with van der Waals surface area (Å²) in [5.74, 6) is -0.718. The van der Waals surface area contributed by atoms with Gasteiger partial charge in [0.15, 0.2) is 17.1 Å². The third-order valence-corrected chi connectivity index (χ3v) is 2.72. The number of ether oxygens (including phenoxy) is 2. The second-order valence-corrected chi connectivity index (χ2v) is 3.71. The van der Waals surface area contributed by atoms with Crippen LogP contribution in [-0.2, 0) is 0 Å². The van der Waals surface area contributed by atoms with Crippen molar-refractivity contribution in [2.45, 2.75) is 6.42 Å². The molecule has 98 valence electrons. The molecular formula is C13H11NO5. The summed E-state index contributed by atoms with van der Waals surface area (Å²) in [6, 6.07) is 3.34. The lowest BCUT2D eigenvalue weighted by atomic mass is 10.0. The minimum Gasteiger partial charge on any atom is -0.504 e. The fourth-order valence-corrected chi connectivity index (χ4v) is 1.95. The molecule has 0 unspecified atom stereocenters. The monoisotopic (exact) mass is 261 g/mol. The number of hydrogen-bond donors (Lipinski definition) is 1. The van der Waals surface area contributed by atoms with E-state index in [0.717, 1.165) is 0 Å². The van der Waals surface area contributed by atoms with Gasteiger partial charge in [0.1, 0.15) is 11.3 Å². The zero-order chi connectivity index (χ0) is 14.0. The fraction of sp³-hybridized carbons (Fsp3) is 0.231. The molecule has 19 heavy (non-hydrogen) atoms. The van der Waals surface area contributed by atoms with Gasteiger partial charge in [-0.25, -0.2) is 0 Å². The summed E-state index contributed by atoms with van der Waals surface area (Å²) in [5.41, 5.74) is 0.208. The van der Waals surface area contributed by atoms with Crippen molar-refractivity contribution in [1.82, 2.24) is 0 Å². The highest BCUT2D eigenvalue weighted by atomic mass is 16.5. The van der Waals surface area contributed by atoms with Crippen molar-refractivity contribution in [3.63, 3.8) is 0 Å². The molecule has 0 atom stereocenters. The molecule has 6 heteroatoms. The zero-order valence-corrected chi connectivity index (χ0v) is 10.4. The maximum atomic E-state index is 11.9. The van der Waals surface area contributed by atoms with Crippen LogP contribution in [0.4, 0.5) is 0 Å². The Balaban J connectivity index is 2.84. The number of aromatic hydroxyl groups is 1. The lowest BCUT2D eigenvalue weighted by molar-refractivity contribution is 0.0991. The highest BCUT2D eigenvalue weighted by Gasteiger charge is 2.26. The van der Waals surface area contributed by atoms with Crippen LogP contribution in [0.1, 0.15) is 16.8 Å². The molecule has 1 heterocycles. The number of carbonyl (C=O) groups is 1. The quantitative estimate of drug-likeness (QED) is 0.848. The Morgan fingerprint density at radius 1 is 1.42 bits per heavy atom. The first kappa shape index (κ1) is 12.8. The van der Waals surface area contributed by atoms with E-state index in [9.17, 15) is 9.90 Å². The molecule has 2 aromatic rings. The summed E-state index contributed by atoms with van der Waals surface area (Å²) in [6.07, 6.45) is 1.03. The van der Waals surface area contributed by atoms with Crippen LogP contribution < -0.4 is 9.47 Å². The molecular weight excluding hydrogens is 250 g/mol. The van der Waals surface area contributed by atoms with Gasteiger partial charge in [-0.3, -0.25) is 4.79 Å². The SMILES string of the molecule is COc1c(C(=O)CC#N)c(O)c(OC)c2occc12. The summed E-state index contributed by atoms with van der Waals surface area (Å²) in [4.78, 5) is 11.9. The van der Waals surface area contributed by atoms with Crippen LogP contribution in [0.25, 0.3) is 11.0 Å². The van der Waals surface area contributed by atoms with E-state index in [0.29, 0.717) is 5.39 Å². The predicted octanol–water partition coefficient (Wildman–Crippen LogP) is 2.25. The number of nitrogens with zero attached hydrogens (tertiary/aromatic N) is 1. The average molecular weight is 261 g/mol. The van der Waals surface area contributed by atoms with Gasteiger partial charge in [0, 0.05) is 0 Å². The average Bonchev–Trinajstić information content (AvgIpc) is 2.86. The van der Waals surface area contributed by atoms with Crippen molar-refractivity contribution < 1.29 is 23.8 Å². The Labute approximate surface area is 108 Å². The van der Waals surface area contributed by atoms with E-state index in [1.165, 1.54) is 20.5 Å². The molecule has 2 rings (SSSR count). The molecule has 0 fully saturated rings. The molecule has 0 aliphatic carbocycles. The van der Waals surface area contributed by atoms with Gasteiger partial charge in [-0.05, 0) is 6.07 Å². The number of phenols is 1. The maximum absolute atomic E-state index is 11.9. The normalized spacial score (nSPS) is 10.2. The van der Waals surface area contributed by atoms with Gasteiger partial charge in [-0.1, -0.05) is 0 Å². The van der Waals surface area contributed by atoms with E-state index in [-0.39, 0.29) is 34.8 Å². The highest BCUT2D eigenvalue weighted by molar-refractivity contribution is 6.09. The minimum absolute atomic E-state index is 0.0436. The van der Waals surface area contributed by atoms with Crippen LogP contribution in [0.2, 0.25) is 0 Å². The largest absolute Gasteiger partial charge is 0.504 e. The molecule has 1 N–H and O–H groups in total. The molecule has 1 aromatic heterocycles. The predicted molar refractivity (Wildman–Crippen MR) is 65.5 cm³/mol. The third-order valence-electron chi connectivity index (χ3n) is 2.72. The van der Waals surface area contributed by atoms with E-state index in [1.54, 1.807) is 12.1 Å². The summed E-state index contributed by atoms with van der Waals surface area (Å²) in [6.45, 7) is 0. The first-order valence-electron chi connectivity index (χ1n) is 5.40. The number of rotatable bonds is 4. The molecule has 0 amide bonds. The van der Waals surface area contributed by atoms with Crippen molar-refractivity contribution in [3.05, 3.63) is 17.9 Å². The van der Waals surface area contributed by atoms with E-state index >= 15 is 0 Å². The number of methoxy groups -OCH3 is 2. The van der Waals surface area contributed by atoms with Crippen LogP contribution in [0.15, 0.2) is 16.7 Å². The second kappa shape index (κ2) is 4.90. The minimum atomic E-state index is -0.543. The zero-order valence-electron chi connectivity index (χ0n) is 10.4. The number of furan rings is 1. The molecule has 0 spiro atoms. The number of nitriles is 1. The highest BCUT2D eigenvalue weighted by Crippen LogP contribution is 2.45. The summed E-state index contributed by atoms with van der Waals surface area (Å²) in [7, 11) is 2.72. The van der Waals surface area contributed by atoms with Crippen molar-refractivity contribution >= 4 is 16.8 Å². The summed E-state index contributed by atoms with van der Waals surface area (Å²) < 4.78 is 15.4. The van der Waals surface area contributed by atoms with E-state index < -0.39 is 5.78 Å². The number of ketones is 1. The van der Waals surface area contributed by atoms with Crippen molar-refractivity contribution in [2.24, 2.45) is 0 Å². The first-order valence-corrected chi connectivity index (χ1v) is 5.40. The lowest BCUT2D eigenvalue weighted by Crippen LogP contribution is -2.03. The van der Waals surface area contributed by atoms with Crippen LogP contribution in [0, 0.1) is 11.3 Å². The van der Waals surface area contributed by atoms with Gasteiger partial charge >= 0.3 is 0 Å². The molecule has 0 aliphatic rings. The van der Waals surface area contributed by atoms with E-state index in [2.05, 4.69) is 0 Å². The standard InChI is InChI=1S/C13H11NO5/c1-17-11-7-4-6-19-12(7)13(18-2)10(16)9(11)8(15)3-5-14/h4,6,16H,3H2,1-2H3. The smallest absolute Gasteiger partial charge is 0.205 e. The van der Waals surface area contributed by atoms with Crippen LogP contribution in [0.3, 0.4) is 0 Å². The number of hydrogen-bond acceptors (Lipinski definition) is 6. The second-order valence-electron chi connectivity index (χ2n) is 3.71. The Hall–Kier alpha value is -2.68. The van der Waals surface area contributed by atoms with Crippen molar-refractivity contribution in [1.29, 1.82) is 5.26 Å². The van der Waals surface area contributed by atoms with Gasteiger partial charge in [0.25, 0.3) is 0 Å². The fourth-order valence-electron chi connectivity index (χ4n) is 1.95. The molecule has 0 saturated heterocycles. The number of fused-ring (bicyclic) bond motifs is 1. The van der Waals surface area contributed by atoms with Gasteiger partial charge in [-0.2, -0.15) is 5.26 Å². The Bertz CT molecular complexity index is 680. The molecule has 0 saturated carbocycles. The van der Waals surface area contributed by atoms with Crippen LogP contribution in [-0.4, -0.2) is 25.1 Å². The van der Waals surface area contributed by atoms with Gasteiger partial charge in [-0.15, -0.1) is 0 Å². The number of Topliss-reactive ketones (excluding diaryl/α,β-unsaturated/α-hetero) is 1. The Morgan fingerprint density at radius 2 is 2.11 bits per heavy atom. The van der Waals surface area contributed by atoms with E-state index in [4.69, 9.17) is 19.2 Å². The van der Waals surface area contributed by atoms with E-state index in [1.807, 2.05) is 0 Å². The summed E-state index contributed by atoms with van der Waals surface area (Å²) in [5, 5.41) is 19.2. The molecule has 1 aromatic carbocycles. The van der Waals surface area contributed by atoms with Gasteiger partial charge in [0.05, 0.1) is 38.4 Å². The van der Waals surface area contributed by atoms with Gasteiger partial charge in [0.2, 0.25) is 5.75 Å². The molecule has 0 aliphatic heterocycles. The lowest BCUT2D eigenvalue weighted by Gasteiger charge is -2.13. The number of phenolic OH excluding ortho intramolecular Hbond substituents is 1.